The summed E-state index contributed by atoms with van der Waals surface area (Å²) in [4.78, 5) is 17.8. The first kappa shape index (κ1) is 16.5. The van der Waals surface area contributed by atoms with E-state index in [1.54, 1.807) is 24.2 Å². The van der Waals surface area contributed by atoms with Crippen LogP contribution in [0.4, 0.5) is 13.2 Å². The summed E-state index contributed by atoms with van der Waals surface area (Å²) in [6.07, 6.45) is -0.208. The van der Waals surface area contributed by atoms with Crippen molar-refractivity contribution >= 4 is 5.91 Å². The molecule has 1 N–H and O–H groups in total. The summed E-state index contributed by atoms with van der Waals surface area (Å²) < 4.78 is 39.9. The van der Waals surface area contributed by atoms with Crippen molar-refractivity contribution in [1.82, 2.24) is 24.6 Å². The van der Waals surface area contributed by atoms with E-state index in [-0.39, 0.29) is 18.2 Å². The number of alkyl halides is 3. The molecule has 1 saturated heterocycles. The van der Waals surface area contributed by atoms with Crippen LogP contribution in [0.2, 0.25) is 0 Å². The fourth-order valence-electron chi connectivity index (χ4n) is 3.07. The van der Waals surface area contributed by atoms with Crippen LogP contribution < -0.4 is 0 Å². The van der Waals surface area contributed by atoms with Gasteiger partial charge in [0.05, 0.1) is 6.42 Å². The summed E-state index contributed by atoms with van der Waals surface area (Å²) in [6, 6.07) is 1.73. The molecule has 130 valence electrons. The average Bonchev–Trinajstić information content (AvgIpc) is 3.16. The molecule has 1 fully saturated rings. The molecule has 0 aliphatic carbocycles. The van der Waals surface area contributed by atoms with Crippen LogP contribution >= 0.6 is 0 Å². The number of aromatic nitrogens is 4. The van der Waals surface area contributed by atoms with E-state index < -0.39 is 11.9 Å². The Bertz CT molecular complexity index is 707. The third kappa shape index (κ3) is 3.44. The Labute approximate surface area is 136 Å². The van der Waals surface area contributed by atoms with E-state index in [1.165, 1.54) is 4.57 Å². The first-order valence-electron chi connectivity index (χ1n) is 7.71. The summed E-state index contributed by atoms with van der Waals surface area (Å²) in [5.41, 5.74) is -0.167. The van der Waals surface area contributed by atoms with Crippen molar-refractivity contribution in [3.63, 3.8) is 0 Å². The Morgan fingerprint density at radius 3 is 2.88 bits per heavy atom. The molecular weight excluding hydrogens is 323 g/mol. The van der Waals surface area contributed by atoms with Crippen molar-refractivity contribution in [2.24, 2.45) is 7.05 Å². The maximum atomic E-state index is 12.8. The minimum atomic E-state index is -4.46. The SMILES string of the molecule is Cn1cc(C(F)(F)F)nc1[C@@H]1CCCN(C(=O)Cc2ccn[nH]2)C1. The molecule has 1 atom stereocenters. The Morgan fingerprint density at radius 2 is 2.25 bits per heavy atom. The van der Waals surface area contributed by atoms with Crippen LogP contribution in [0, 0.1) is 0 Å². The van der Waals surface area contributed by atoms with E-state index in [4.69, 9.17) is 0 Å². The topological polar surface area (TPSA) is 66.8 Å². The zero-order valence-corrected chi connectivity index (χ0v) is 13.2. The lowest BCUT2D eigenvalue weighted by molar-refractivity contribution is -0.141. The van der Waals surface area contributed by atoms with Crippen LogP contribution in [0.15, 0.2) is 18.5 Å². The lowest BCUT2D eigenvalue weighted by atomic mass is 9.96. The van der Waals surface area contributed by atoms with E-state index in [9.17, 15) is 18.0 Å². The summed E-state index contributed by atoms with van der Waals surface area (Å²) in [5, 5.41) is 6.54. The predicted octanol–water partition coefficient (Wildman–Crippen LogP) is 2.11. The number of carbonyl (C=O) groups is 1. The fourth-order valence-corrected chi connectivity index (χ4v) is 3.07. The van der Waals surface area contributed by atoms with Crippen molar-refractivity contribution in [3.05, 3.63) is 35.7 Å². The van der Waals surface area contributed by atoms with Crippen LogP contribution in [0.3, 0.4) is 0 Å². The number of aryl methyl sites for hydroxylation is 1. The molecule has 1 aliphatic rings. The van der Waals surface area contributed by atoms with Gasteiger partial charge < -0.3 is 9.47 Å². The second kappa shape index (κ2) is 6.29. The number of H-pyrrole nitrogens is 1. The zero-order chi connectivity index (χ0) is 17.3. The standard InChI is InChI=1S/C15H18F3N5O/c1-22-9-12(15(16,17)18)20-14(22)10-3-2-6-23(8-10)13(24)7-11-4-5-19-21-11/h4-5,9-10H,2-3,6-8H2,1H3,(H,19,21)/t10-/m1/s1. The Balaban J connectivity index is 1.71. The highest BCUT2D eigenvalue weighted by atomic mass is 19.4. The molecule has 0 unspecified atom stereocenters. The second-order valence-electron chi connectivity index (χ2n) is 6.03. The van der Waals surface area contributed by atoms with E-state index in [0.717, 1.165) is 24.7 Å². The Morgan fingerprint density at radius 1 is 1.46 bits per heavy atom. The number of nitrogens with one attached hydrogen (secondary N) is 1. The number of aromatic amines is 1. The summed E-state index contributed by atoms with van der Waals surface area (Å²) in [5.74, 6) is 0.126. The van der Waals surface area contributed by atoms with E-state index in [1.807, 2.05) is 0 Å². The first-order chi connectivity index (χ1) is 11.3. The fraction of sp³-hybridized carbons (Fsp3) is 0.533. The summed E-state index contributed by atoms with van der Waals surface area (Å²) in [6.45, 7) is 0.995. The number of piperidine rings is 1. The van der Waals surface area contributed by atoms with Crippen LogP contribution in [0.1, 0.15) is 36.0 Å². The van der Waals surface area contributed by atoms with Gasteiger partial charge in [-0.25, -0.2) is 4.98 Å². The van der Waals surface area contributed by atoms with Gasteiger partial charge in [0.15, 0.2) is 5.69 Å². The van der Waals surface area contributed by atoms with E-state index in [2.05, 4.69) is 15.2 Å². The van der Waals surface area contributed by atoms with Crippen LogP contribution in [0.25, 0.3) is 0 Å². The van der Waals surface area contributed by atoms with Crippen molar-refractivity contribution in [2.45, 2.75) is 31.4 Å². The molecule has 0 saturated carbocycles. The largest absolute Gasteiger partial charge is 0.434 e. The molecule has 24 heavy (non-hydrogen) atoms. The number of nitrogens with zero attached hydrogens (tertiary/aromatic N) is 4. The molecule has 2 aromatic rings. The molecule has 0 bridgehead atoms. The number of halogens is 3. The van der Waals surface area contributed by atoms with Gasteiger partial charge in [0, 0.05) is 44.1 Å². The molecule has 3 heterocycles. The van der Waals surface area contributed by atoms with Gasteiger partial charge in [-0.2, -0.15) is 18.3 Å². The predicted molar refractivity (Wildman–Crippen MR) is 79.1 cm³/mol. The highest BCUT2D eigenvalue weighted by Gasteiger charge is 2.36. The third-order valence-electron chi connectivity index (χ3n) is 4.24. The molecule has 6 nitrogen and oxygen atoms in total. The molecule has 1 aliphatic heterocycles. The third-order valence-corrected chi connectivity index (χ3v) is 4.24. The molecule has 0 aromatic carbocycles. The van der Waals surface area contributed by atoms with Crippen LogP contribution in [-0.2, 0) is 24.4 Å². The van der Waals surface area contributed by atoms with Gasteiger partial charge in [0.2, 0.25) is 5.91 Å². The van der Waals surface area contributed by atoms with Gasteiger partial charge in [0.1, 0.15) is 5.82 Å². The molecule has 0 spiro atoms. The molecule has 2 aromatic heterocycles. The minimum Gasteiger partial charge on any atom is -0.342 e. The molecule has 9 heteroatoms. The van der Waals surface area contributed by atoms with Crippen molar-refractivity contribution < 1.29 is 18.0 Å². The number of likely N-dealkylation sites (tertiary alicyclic amines) is 1. The Hall–Kier alpha value is -2.32. The van der Waals surface area contributed by atoms with E-state index in [0.29, 0.717) is 18.9 Å². The monoisotopic (exact) mass is 341 g/mol. The lowest BCUT2D eigenvalue weighted by Crippen LogP contribution is -2.40. The highest BCUT2D eigenvalue weighted by Crippen LogP contribution is 2.32. The van der Waals surface area contributed by atoms with Crippen molar-refractivity contribution in [1.29, 1.82) is 0 Å². The van der Waals surface area contributed by atoms with Crippen molar-refractivity contribution in [3.8, 4) is 0 Å². The number of imidazole rings is 1. The molecule has 3 rings (SSSR count). The van der Waals surface area contributed by atoms with Crippen molar-refractivity contribution in [2.75, 3.05) is 13.1 Å². The maximum absolute atomic E-state index is 12.8. The van der Waals surface area contributed by atoms with Gasteiger partial charge in [-0.1, -0.05) is 0 Å². The molecule has 0 radical (unpaired) electrons. The van der Waals surface area contributed by atoms with Crippen LogP contribution in [0.5, 0.6) is 0 Å². The normalized spacial score (nSPS) is 18.8. The number of hydrogen-bond donors (Lipinski definition) is 1. The highest BCUT2D eigenvalue weighted by molar-refractivity contribution is 5.78. The smallest absolute Gasteiger partial charge is 0.342 e. The number of amides is 1. The summed E-state index contributed by atoms with van der Waals surface area (Å²) >= 11 is 0. The van der Waals surface area contributed by atoms with Gasteiger partial charge >= 0.3 is 6.18 Å². The zero-order valence-electron chi connectivity index (χ0n) is 13.2. The quantitative estimate of drug-likeness (QED) is 0.930. The number of carbonyl (C=O) groups excluding carboxylic acids is 1. The first-order valence-corrected chi connectivity index (χ1v) is 7.71. The Kier molecular flexibility index (Phi) is 4.33. The number of rotatable bonds is 3. The molecular formula is C15H18F3N5O. The van der Waals surface area contributed by atoms with Gasteiger partial charge in [-0.05, 0) is 18.9 Å². The minimum absolute atomic E-state index is 0.0609. The maximum Gasteiger partial charge on any atom is 0.434 e. The van der Waals surface area contributed by atoms with Crippen LogP contribution in [-0.4, -0.2) is 43.6 Å². The average molecular weight is 341 g/mol. The van der Waals surface area contributed by atoms with Gasteiger partial charge in [-0.15, -0.1) is 0 Å². The number of hydrogen-bond acceptors (Lipinski definition) is 3. The summed E-state index contributed by atoms with van der Waals surface area (Å²) in [7, 11) is 1.56. The molecule has 1 amide bonds. The van der Waals surface area contributed by atoms with E-state index >= 15 is 0 Å². The van der Waals surface area contributed by atoms with Gasteiger partial charge in [0.25, 0.3) is 0 Å². The van der Waals surface area contributed by atoms with Gasteiger partial charge in [-0.3, -0.25) is 9.89 Å². The second-order valence-corrected chi connectivity index (χ2v) is 6.03. The lowest BCUT2D eigenvalue weighted by Gasteiger charge is -2.32.